The third-order valence-corrected chi connectivity index (χ3v) is 3.22. The smallest absolute Gasteiger partial charge is 0.0915 e. The second kappa shape index (κ2) is 6.46. The van der Waals surface area contributed by atoms with Crippen molar-refractivity contribution < 1.29 is 9.57 Å². The molecule has 0 saturated heterocycles. The standard InChI is InChI=1S/C12H25NO2/c1-12(2)7-4-5-11(6-8-12)13-15-10-9-14-3/h11,13H,4-10H2,1-3H3. The van der Waals surface area contributed by atoms with E-state index in [0.29, 0.717) is 24.7 Å². The van der Waals surface area contributed by atoms with Crippen molar-refractivity contribution in [2.24, 2.45) is 5.41 Å². The fraction of sp³-hybridized carbons (Fsp3) is 1.00. The van der Waals surface area contributed by atoms with Crippen LogP contribution in [0.3, 0.4) is 0 Å². The van der Waals surface area contributed by atoms with Crippen molar-refractivity contribution in [3.63, 3.8) is 0 Å². The third kappa shape index (κ3) is 5.50. The first-order valence-electron chi connectivity index (χ1n) is 6.00. The predicted molar refractivity (Wildman–Crippen MR) is 61.6 cm³/mol. The van der Waals surface area contributed by atoms with Crippen molar-refractivity contribution in [1.29, 1.82) is 0 Å². The van der Waals surface area contributed by atoms with Crippen LogP contribution in [0.25, 0.3) is 0 Å². The van der Waals surface area contributed by atoms with Crippen molar-refractivity contribution >= 4 is 0 Å². The molecule has 1 rings (SSSR count). The molecule has 1 saturated carbocycles. The molecule has 1 atom stereocenters. The van der Waals surface area contributed by atoms with Gasteiger partial charge in [-0.2, -0.15) is 5.48 Å². The lowest BCUT2D eigenvalue weighted by atomic mass is 9.85. The van der Waals surface area contributed by atoms with Crippen molar-refractivity contribution in [2.45, 2.75) is 52.0 Å². The molecule has 0 radical (unpaired) electrons. The molecule has 0 spiro atoms. The Labute approximate surface area is 93.5 Å². The summed E-state index contributed by atoms with van der Waals surface area (Å²) in [5.41, 5.74) is 3.67. The lowest BCUT2D eigenvalue weighted by Crippen LogP contribution is -2.30. The molecular weight excluding hydrogens is 190 g/mol. The van der Waals surface area contributed by atoms with Gasteiger partial charge in [0.25, 0.3) is 0 Å². The van der Waals surface area contributed by atoms with Crippen LogP contribution in [0.5, 0.6) is 0 Å². The summed E-state index contributed by atoms with van der Waals surface area (Å²) in [6.45, 7) is 6.02. The van der Waals surface area contributed by atoms with Gasteiger partial charge >= 0.3 is 0 Å². The molecule has 3 heteroatoms. The molecule has 1 aliphatic carbocycles. The van der Waals surface area contributed by atoms with Gasteiger partial charge in [-0.05, 0) is 31.1 Å². The molecule has 0 amide bonds. The molecule has 15 heavy (non-hydrogen) atoms. The SMILES string of the molecule is COCCONC1CCCC(C)(C)CC1. The van der Waals surface area contributed by atoms with Crippen molar-refractivity contribution in [3.05, 3.63) is 0 Å². The Hall–Kier alpha value is -0.120. The van der Waals surface area contributed by atoms with Gasteiger partial charge in [0.05, 0.1) is 13.2 Å². The maximum atomic E-state index is 5.36. The summed E-state index contributed by atoms with van der Waals surface area (Å²) in [6, 6.07) is 0.531. The van der Waals surface area contributed by atoms with Gasteiger partial charge in [0.2, 0.25) is 0 Å². The lowest BCUT2D eigenvalue weighted by Gasteiger charge is -2.22. The maximum Gasteiger partial charge on any atom is 0.0915 e. The minimum absolute atomic E-state index is 0.517. The molecule has 0 aromatic rings. The maximum absolute atomic E-state index is 5.36. The molecule has 0 heterocycles. The van der Waals surface area contributed by atoms with Gasteiger partial charge in [-0.1, -0.05) is 20.3 Å². The first kappa shape index (κ1) is 12.9. The van der Waals surface area contributed by atoms with Crippen LogP contribution in [0.15, 0.2) is 0 Å². The van der Waals surface area contributed by atoms with E-state index in [-0.39, 0.29) is 0 Å². The Balaban J connectivity index is 2.14. The Morgan fingerprint density at radius 3 is 2.73 bits per heavy atom. The van der Waals surface area contributed by atoms with Gasteiger partial charge in [0.1, 0.15) is 0 Å². The first-order chi connectivity index (χ1) is 7.14. The van der Waals surface area contributed by atoms with E-state index in [1.165, 1.54) is 32.1 Å². The number of ether oxygens (including phenoxy) is 1. The summed E-state index contributed by atoms with van der Waals surface area (Å²) in [6.07, 6.45) is 6.39. The molecule has 0 aromatic heterocycles. The van der Waals surface area contributed by atoms with Crippen LogP contribution in [0.4, 0.5) is 0 Å². The molecule has 1 N–H and O–H groups in total. The molecule has 1 fully saturated rings. The predicted octanol–water partition coefficient (Wildman–Crippen LogP) is 2.51. The second-order valence-electron chi connectivity index (χ2n) is 5.25. The van der Waals surface area contributed by atoms with E-state index in [1.54, 1.807) is 7.11 Å². The highest BCUT2D eigenvalue weighted by molar-refractivity contribution is 4.77. The average molecular weight is 215 g/mol. The third-order valence-electron chi connectivity index (χ3n) is 3.22. The van der Waals surface area contributed by atoms with Crippen molar-refractivity contribution in [1.82, 2.24) is 5.48 Å². The van der Waals surface area contributed by atoms with E-state index in [9.17, 15) is 0 Å². The summed E-state index contributed by atoms with van der Waals surface area (Å²) in [5, 5.41) is 0. The zero-order valence-electron chi connectivity index (χ0n) is 10.3. The first-order valence-corrected chi connectivity index (χ1v) is 6.00. The van der Waals surface area contributed by atoms with Gasteiger partial charge in [-0.15, -0.1) is 0 Å². The summed E-state index contributed by atoms with van der Waals surface area (Å²) in [4.78, 5) is 5.36. The van der Waals surface area contributed by atoms with Crippen LogP contribution >= 0.6 is 0 Å². The number of hydroxylamine groups is 1. The van der Waals surface area contributed by atoms with Crippen LogP contribution in [-0.4, -0.2) is 26.4 Å². The highest BCUT2D eigenvalue weighted by Gasteiger charge is 2.24. The molecular formula is C12H25NO2. The van der Waals surface area contributed by atoms with Crippen LogP contribution in [0.1, 0.15) is 46.0 Å². The molecule has 1 unspecified atom stereocenters. The Morgan fingerprint density at radius 2 is 2.00 bits per heavy atom. The Morgan fingerprint density at radius 1 is 1.20 bits per heavy atom. The Kier molecular flexibility index (Phi) is 5.58. The number of methoxy groups -OCH3 is 1. The van der Waals surface area contributed by atoms with Crippen LogP contribution in [0, 0.1) is 5.41 Å². The topological polar surface area (TPSA) is 30.5 Å². The summed E-state index contributed by atoms with van der Waals surface area (Å²) in [5.74, 6) is 0. The van der Waals surface area contributed by atoms with E-state index in [4.69, 9.17) is 9.57 Å². The van der Waals surface area contributed by atoms with Gasteiger partial charge in [0, 0.05) is 13.2 Å². The average Bonchev–Trinajstić information content (AvgIpc) is 2.35. The summed E-state index contributed by atoms with van der Waals surface area (Å²) in [7, 11) is 1.69. The van der Waals surface area contributed by atoms with Crippen LogP contribution < -0.4 is 5.48 Å². The van der Waals surface area contributed by atoms with Gasteiger partial charge < -0.3 is 4.74 Å². The minimum Gasteiger partial charge on any atom is -0.382 e. The Bertz CT molecular complexity index is 171. The lowest BCUT2D eigenvalue weighted by molar-refractivity contribution is -0.0147. The molecule has 0 aliphatic heterocycles. The van der Waals surface area contributed by atoms with Gasteiger partial charge in [-0.3, -0.25) is 4.84 Å². The summed E-state index contributed by atoms with van der Waals surface area (Å²) < 4.78 is 4.92. The number of rotatable bonds is 5. The fourth-order valence-electron chi connectivity index (χ4n) is 2.08. The van der Waals surface area contributed by atoms with Gasteiger partial charge in [-0.25, -0.2) is 0 Å². The highest BCUT2D eigenvalue weighted by Crippen LogP contribution is 2.33. The van der Waals surface area contributed by atoms with E-state index in [0.717, 1.165) is 0 Å². The minimum atomic E-state index is 0.517. The zero-order valence-corrected chi connectivity index (χ0v) is 10.3. The van der Waals surface area contributed by atoms with E-state index in [2.05, 4.69) is 19.3 Å². The molecule has 1 aliphatic rings. The van der Waals surface area contributed by atoms with Crippen LogP contribution in [0.2, 0.25) is 0 Å². The van der Waals surface area contributed by atoms with Crippen molar-refractivity contribution in [2.75, 3.05) is 20.3 Å². The fourth-order valence-corrected chi connectivity index (χ4v) is 2.08. The largest absolute Gasteiger partial charge is 0.382 e. The molecule has 0 aromatic carbocycles. The van der Waals surface area contributed by atoms with E-state index < -0.39 is 0 Å². The highest BCUT2D eigenvalue weighted by atomic mass is 16.7. The number of hydrogen-bond acceptors (Lipinski definition) is 3. The van der Waals surface area contributed by atoms with E-state index >= 15 is 0 Å². The van der Waals surface area contributed by atoms with Crippen molar-refractivity contribution in [3.8, 4) is 0 Å². The normalized spacial score (nSPS) is 26.2. The van der Waals surface area contributed by atoms with E-state index in [1.807, 2.05) is 0 Å². The second-order valence-corrected chi connectivity index (χ2v) is 5.25. The molecule has 0 bridgehead atoms. The van der Waals surface area contributed by atoms with Gasteiger partial charge in [0.15, 0.2) is 0 Å². The number of nitrogens with one attached hydrogen (secondary N) is 1. The van der Waals surface area contributed by atoms with Crippen LogP contribution in [-0.2, 0) is 9.57 Å². The molecule has 3 nitrogen and oxygen atoms in total. The quantitative estimate of drug-likeness (QED) is 0.434. The summed E-state index contributed by atoms with van der Waals surface area (Å²) >= 11 is 0. The zero-order chi connectivity index (χ0) is 11.1. The molecule has 90 valence electrons. The monoisotopic (exact) mass is 215 g/mol. The number of hydrogen-bond donors (Lipinski definition) is 1.